The molecule has 0 fully saturated rings. The van der Waals surface area contributed by atoms with Crippen LogP contribution in [0.1, 0.15) is 11.3 Å². The number of benzene rings is 2. The van der Waals surface area contributed by atoms with Gasteiger partial charge >= 0.3 is 5.97 Å². The van der Waals surface area contributed by atoms with E-state index < -0.39 is 12.0 Å². The van der Waals surface area contributed by atoms with E-state index in [9.17, 15) is 9.90 Å². The number of aromatic amines is 1. The molecule has 3 N–H and O–H groups in total. The molecule has 0 aliphatic carbocycles. The fourth-order valence-corrected chi connectivity index (χ4v) is 3.50. The number of halogens is 1. The van der Waals surface area contributed by atoms with Gasteiger partial charge < -0.3 is 14.5 Å². The second-order valence-corrected chi connectivity index (χ2v) is 6.99. The fraction of sp³-hybridized carbons (Fsp3) is 0.136. The van der Waals surface area contributed by atoms with Crippen molar-refractivity contribution in [2.75, 3.05) is 0 Å². The molecule has 0 saturated carbocycles. The molecule has 4 aromatic rings. The molecule has 0 spiro atoms. The molecule has 5 nitrogen and oxygen atoms in total. The maximum absolute atomic E-state index is 11.7. The lowest BCUT2D eigenvalue weighted by molar-refractivity contribution is -0.139. The summed E-state index contributed by atoms with van der Waals surface area (Å²) in [6.07, 6.45) is 2.24. The number of carbonyl (C=O) groups is 1. The zero-order valence-corrected chi connectivity index (χ0v) is 15.7. The highest BCUT2D eigenvalue weighted by atomic mass is 35.5. The van der Waals surface area contributed by atoms with Crippen molar-refractivity contribution in [2.24, 2.45) is 0 Å². The van der Waals surface area contributed by atoms with Crippen LogP contribution in [-0.4, -0.2) is 22.1 Å². The van der Waals surface area contributed by atoms with Crippen molar-refractivity contribution < 1.29 is 14.3 Å². The number of fused-ring (bicyclic) bond motifs is 1. The third-order valence-corrected chi connectivity index (χ3v) is 5.05. The van der Waals surface area contributed by atoms with Crippen LogP contribution in [0.3, 0.4) is 0 Å². The first-order valence-corrected chi connectivity index (χ1v) is 9.34. The van der Waals surface area contributed by atoms with E-state index in [2.05, 4.69) is 10.3 Å². The van der Waals surface area contributed by atoms with Gasteiger partial charge in [-0.2, -0.15) is 0 Å². The maximum Gasteiger partial charge on any atom is 0.321 e. The van der Waals surface area contributed by atoms with Crippen molar-refractivity contribution in [1.82, 2.24) is 10.3 Å². The molecule has 0 radical (unpaired) electrons. The molecule has 1 unspecified atom stereocenters. The first-order valence-electron chi connectivity index (χ1n) is 8.96. The summed E-state index contributed by atoms with van der Waals surface area (Å²) in [4.78, 5) is 14.9. The second-order valence-electron chi connectivity index (χ2n) is 6.58. The van der Waals surface area contributed by atoms with Crippen LogP contribution in [0.25, 0.3) is 22.2 Å². The quantitative estimate of drug-likeness (QED) is 0.418. The van der Waals surface area contributed by atoms with Gasteiger partial charge in [-0.05, 0) is 35.9 Å². The number of aliphatic carboxylic acids is 1. The number of aromatic nitrogens is 1. The van der Waals surface area contributed by atoms with E-state index in [0.29, 0.717) is 29.5 Å². The van der Waals surface area contributed by atoms with Gasteiger partial charge in [0.2, 0.25) is 0 Å². The van der Waals surface area contributed by atoms with E-state index in [1.165, 1.54) is 0 Å². The number of carboxylic acid groups (broad SMARTS) is 1. The summed E-state index contributed by atoms with van der Waals surface area (Å²) in [5.41, 5.74) is 2.77. The number of hydrogen-bond acceptors (Lipinski definition) is 3. The van der Waals surface area contributed by atoms with Gasteiger partial charge in [-0.15, -0.1) is 0 Å². The molecule has 0 aliphatic rings. The highest BCUT2D eigenvalue weighted by Gasteiger charge is 2.20. The van der Waals surface area contributed by atoms with Crippen LogP contribution in [0.4, 0.5) is 0 Å². The Morgan fingerprint density at radius 2 is 1.89 bits per heavy atom. The normalized spacial score (nSPS) is 12.3. The molecule has 1 atom stereocenters. The lowest BCUT2D eigenvalue weighted by Gasteiger charge is -2.13. The minimum Gasteiger partial charge on any atom is -0.480 e. The summed E-state index contributed by atoms with van der Waals surface area (Å²) >= 11 is 6.21. The Hall–Kier alpha value is -3.02. The van der Waals surface area contributed by atoms with Crippen LogP contribution >= 0.6 is 11.6 Å². The van der Waals surface area contributed by atoms with Crippen molar-refractivity contribution in [1.29, 1.82) is 0 Å². The molecule has 0 aliphatic heterocycles. The predicted molar refractivity (Wildman–Crippen MR) is 109 cm³/mol. The molecule has 0 saturated heterocycles. The summed E-state index contributed by atoms with van der Waals surface area (Å²) < 4.78 is 5.84. The van der Waals surface area contributed by atoms with E-state index in [-0.39, 0.29) is 0 Å². The van der Waals surface area contributed by atoms with Crippen LogP contribution in [0.2, 0.25) is 5.02 Å². The van der Waals surface area contributed by atoms with Crippen LogP contribution in [0.15, 0.2) is 71.3 Å². The van der Waals surface area contributed by atoms with Gasteiger partial charge in [0.1, 0.15) is 17.6 Å². The van der Waals surface area contributed by atoms with Crippen LogP contribution in [0.5, 0.6) is 0 Å². The predicted octanol–water partition coefficient (Wildman–Crippen LogP) is 4.87. The molecule has 2 aromatic carbocycles. The number of hydrogen-bond donors (Lipinski definition) is 3. The molecular weight excluding hydrogens is 376 g/mol. The first kappa shape index (κ1) is 18.3. The van der Waals surface area contributed by atoms with Gasteiger partial charge in [0.15, 0.2) is 0 Å². The Balaban J connectivity index is 1.46. The van der Waals surface area contributed by atoms with E-state index in [1.807, 2.05) is 60.8 Å². The van der Waals surface area contributed by atoms with Crippen LogP contribution < -0.4 is 5.32 Å². The summed E-state index contributed by atoms with van der Waals surface area (Å²) in [7, 11) is 0. The standard InChI is InChI=1S/C22H19ClN2O3/c23-18-7-3-1-6-17(18)21-10-9-15(28-21)13-25-20(22(26)27)11-14-12-24-19-8-4-2-5-16(14)19/h1-10,12,20,24-25H,11,13H2,(H,26,27). The molecule has 28 heavy (non-hydrogen) atoms. The smallest absolute Gasteiger partial charge is 0.321 e. The lowest BCUT2D eigenvalue weighted by atomic mass is 10.0. The fourth-order valence-electron chi connectivity index (χ4n) is 3.27. The van der Waals surface area contributed by atoms with Crippen molar-refractivity contribution in [3.63, 3.8) is 0 Å². The van der Waals surface area contributed by atoms with Crippen molar-refractivity contribution >= 4 is 28.5 Å². The summed E-state index contributed by atoms with van der Waals surface area (Å²) in [6, 6.07) is 18.2. The number of carboxylic acids is 1. The Morgan fingerprint density at radius 3 is 2.71 bits per heavy atom. The number of furan rings is 1. The third kappa shape index (κ3) is 3.81. The Morgan fingerprint density at radius 1 is 1.11 bits per heavy atom. The van der Waals surface area contributed by atoms with Gasteiger partial charge in [-0.3, -0.25) is 10.1 Å². The SMILES string of the molecule is O=C(O)C(Cc1c[nH]c2ccccc12)NCc1ccc(-c2ccccc2Cl)o1. The molecule has 0 bridgehead atoms. The second kappa shape index (κ2) is 7.92. The van der Waals surface area contributed by atoms with Gasteiger partial charge in [0.05, 0.1) is 11.6 Å². The van der Waals surface area contributed by atoms with Crippen LogP contribution in [0, 0.1) is 0 Å². The van der Waals surface area contributed by atoms with Gasteiger partial charge in [-0.1, -0.05) is 41.9 Å². The van der Waals surface area contributed by atoms with E-state index in [4.69, 9.17) is 16.0 Å². The highest BCUT2D eigenvalue weighted by Crippen LogP contribution is 2.29. The average Bonchev–Trinajstić information content (AvgIpc) is 3.32. The number of rotatable bonds is 7. The van der Waals surface area contributed by atoms with Crippen molar-refractivity contribution in [3.05, 3.63) is 83.2 Å². The minimum absolute atomic E-state index is 0.309. The number of H-pyrrole nitrogens is 1. The maximum atomic E-state index is 11.7. The highest BCUT2D eigenvalue weighted by molar-refractivity contribution is 6.33. The average molecular weight is 395 g/mol. The molecule has 2 aromatic heterocycles. The van der Waals surface area contributed by atoms with Crippen LogP contribution in [-0.2, 0) is 17.8 Å². The van der Waals surface area contributed by atoms with Gasteiger partial charge in [0.25, 0.3) is 0 Å². The van der Waals surface area contributed by atoms with Gasteiger partial charge in [-0.25, -0.2) is 0 Å². The minimum atomic E-state index is -0.900. The van der Waals surface area contributed by atoms with E-state index in [0.717, 1.165) is 22.0 Å². The zero-order valence-electron chi connectivity index (χ0n) is 15.0. The molecule has 2 heterocycles. The number of nitrogens with one attached hydrogen (secondary N) is 2. The summed E-state index contributed by atoms with van der Waals surface area (Å²) in [5.74, 6) is 0.411. The monoisotopic (exact) mass is 394 g/mol. The van der Waals surface area contributed by atoms with Crippen molar-refractivity contribution in [2.45, 2.75) is 19.0 Å². The summed E-state index contributed by atoms with van der Waals surface area (Å²) in [6.45, 7) is 0.309. The van der Waals surface area contributed by atoms with Crippen molar-refractivity contribution in [3.8, 4) is 11.3 Å². The molecule has 6 heteroatoms. The molecule has 0 amide bonds. The molecule has 142 valence electrons. The first-order chi connectivity index (χ1) is 13.6. The zero-order chi connectivity index (χ0) is 19.5. The molecule has 4 rings (SSSR count). The van der Waals surface area contributed by atoms with E-state index >= 15 is 0 Å². The third-order valence-electron chi connectivity index (χ3n) is 4.72. The molecular formula is C22H19ClN2O3. The Bertz CT molecular complexity index is 1120. The van der Waals surface area contributed by atoms with Gasteiger partial charge in [0, 0.05) is 29.1 Å². The number of para-hydroxylation sites is 1. The summed E-state index contributed by atoms with van der Waals surface area (Å²) in [5, 5.41) is 14.3. The Labute approximate surface area is 166 Å². The lowest BCUT2D eigenvalue weighted by Crippen LogP contribution is -2.37. The Kier molecular flexibility index (Phi) is 5.19. The topological polar surface area (TPSA) is 78.3 Å². The van der Waals surface area contributed by atoms with E-state index in [1.54, 1.807) is 6.07 Å². The largest absolute Gasteiger partial charge is 0.480 e.